The van der Waals surface area contributed by atoms with Crippen molar-refractivity contribution in [2.75, 3.05) is 0 Å². The second-order valence-electron chi connectivity index (χ2n) is 8.13. The number of fused-ring (bicyclic) bond motifs is 1. The molecule has 10 nitrogen and oxygen atoms in total. The molecular formula is C22H24N4O6. The molecule has 2 aromatic rings. The van der Waals surface area contributed by atoms with Crippen LogP contribution in [0.1, 0.15) is 65.7 Å². The highest BCUT2D eigenvalue weighted by atomic mass is 16.6. The van der Waals surface area contributed by atoms with E-state index in [1.54, 1.807) is 12.3 Å². The molecule has 1 aromatic carbocycles. The Morgan fingerprint density at radius 3 is 2.88 bits per heavy atom. The topological polar surface area (TPSA) is 131 Å². The van der Waals surface area contributed by atoms with Gasteiger partial charge < -0.3 is 19.4 Å². The molecule has 0 radical (unpaired) electrons. The molecule has 2 N–H and O–H groups in total. The lowest BCUT2D eigenvalue weighted by Gasteiger charge is -2.29. The number of amides is 4. The number of piperidine rings is 1. The molecule has 4 rings (SSSR count). The summed E-state index contributed by atoms with van der Waals surface area (Å²) in [5, 5.41) is 4.92. The van der Waals surface area contributed by atoms with E-state index in [0.29, 0.717) is 24.4 Å². The maximum absolute atomic E-state index is 12.9. The van der Waals surface area contributed by atoms with Crippen LogP contribution in [0.15, 0.2) is 28.8 Å². The number of carbonyl (C=O) groups is 4. The smallest absolute Gasteiger partial charge is 0.407 e. The van der Waals surface area contributed by atoms with Gasteiger partial charge in [0.1, 0.15) is 11.8 Å². The quantitative estimate of drug-likeness (QED) is 0.657. The fourth-order valence-corrected chi connectivity index (χ4v) is 3.72. The molecule has 0 aliphatic carbocycles. The summed E-state index contributed by atoms with van der Waals surface area (Å²) in [4.78, 5) is 53.9. The molecule has 1 fully saturated rings. The Morgan fingerprint density at radius 2 is 2.16 bits per heavy atom. The third kappa shape index (κ3) is 4.48. The lowest BCUT2D eigenvalue weighted by atomic mass is 10.0. The first-order chi connectivity index (χ1) is 15.3. The molecule has 0 bridgehead atoms. The van der Waals surface area contributed by atoms with E-state index in [4.69, 9.17) is 9.15 Å². The molecule has 1 aromatic heterocycles. The molecule has 0 spiro atoms. The van der Waals surface area contributed by atoms with Gasteiger partial charge in [0.05, 0.1) is 6.20 Å². The zero-order chi connectivity index (χ0) is 22.8. The SMILES string of the molecule is CC(C)c1cnc(COC(=O)NCc2ccc3c(c2)C(=O)N(C2CCC(=O)NC2=O)C3)o1. The maximum atomic E-state index is 12.9. The Morgan fingerprint density at radius 1 is 1.34 bits per heavy atom. The van der Waals surface area contributed by atoms with Crippen LogP contribution in [-0.4, -0.2) is 39.7 Å². The molecule has 32 heavy (non-hydrogen) atoms. The number of rotatable bonds is 6. The van der Waals surface area contributed by atoms with Crippen LogP contribution >= 0.6 is 0 Å². The highest BCUT2D eigenvalue weighted by molar-refractivity contribution is 6.05. The van der Waals surface area contributed by atoms with Crippen LogP contribution in [-0.2, 0) is 34.0 Å². The van der Waals surface area contributed by atoms with Gasteiger partial charge in [0.25, 0.3) is 5.91 Å². The van der Waals surface area contributed by atoms with Crippen LogP contribution in [0.25, 0.3) is 0 Å². The van der Waals surface area contributed by atoms with Crippen LogP contribution in [0, 0.1) is 0 Å². The van der Waals surface area contributed by atoms with E-state index >= 15 is 0 Å². The van der Waals surface area contributed by atoms with Crippen molar-refractivity contribution < 1.29 is 28.3 Å². The van der Waals surface area contributed by atoms with Crippen molar-refractivity contribution >= 4 is 23.8 Å². The predicted molar refractivity (Wildman–Crippen MR) is 110 cm³/mol. The van der Waals surface area contributed by atoms with Crippen LogP contribution in [0.4, 0.5) is 4.79 Å². The zero-order valence-corrected chi connectivity index (χ0v) is 17.8. The van der Waals surface area contributed by atoms with E-state index in [1.165, 1.54) is 4.90 Å². The monoisotopic (exact) mass is 440 g/mol. The lowest BCUT2D eigenvalue weighted by Crippen LogP contribution is -2.52. The molecule has 1 atom stereocenters. The lowest BCUT2D eigenvalue weighted by molar-refractivity contribution is -0.136. The van der Waals surface area contributed by atoms with Crippen molar-refractivity contribution in [1.82, 2.24) is 20.5 Å². The molecule has 1 saturated heterocycles. The average molecular weight is 440 g/mol. The van der Waals surface area contributed by atoms with E-state index in [-0.39, 0.29) is 37.3 Å². The molecule has 3 heterocycles. The van der Waals surface area contributed by atoms with E-state index in [1.807, 2.05) is 26.0 Å². The molecular weight excluding hydrogens is 416 g/mol. The van der Waals surface area contributed by atoms with E-state index in [2.05, 4.69) is 15.6 Å². The molecule has 4 amide bonds. The van der Waals surface area contributed by atoms with Crippen LogP contribution in [0.5, 0.6) is 0 Å². The number of aromatic nitrogens is 1. The van der Waals surface area contributed by atoms with Crippen LogP contribution in [0.2, 0.25) is 0 Å². The van der Waals surface area contributed by atoms with Gasteiger partial charge in [0, 0.05) is 31.0 Å². The number of carbonyl (C=O) groups excluding carboxylic acids is 4. The summed E-state index contributed by atoms with van der Waals surface area (Å²) >= 11 is 0. The van der Waals surface area contributed by atoms with Gasteiger partial charge in [-0.25, -0.2) is 9.78 Å². The first-order valence-corrected chi connectivity index (χ1v) is 10.4. The molecule has 2 aliphatic rings. The zero-order valence-electron chi connectivity index (χ0n) is 17.8. The summed E-state index contributed by atoms with van der Waals surface area (Å²) in [5.41, 5.74) is 2.01. The third-order valence-corrected chi connectivity index (χ3v) is 5.50. The van der Waals surface area contributed by atoms with Crippen molar-refractivity contribution in [1.29, 1.82) is 0 Å². The number of nitrogens with zero attached hydrogens (tertiary/aromatic N) is 2. The first-order valence-electron chi connectivity index (χ1n) is 10.4. The van der Waals surface area contributed by atoms with Crippen molar-refractivity contribution in [3.8, 4) is 0 Å². The van der Waals surface area contributed by atoms with Gasteiger partial charge in [-0.05, 0) is 23.6 Å². The van der Waals surface area contributed by atoms with E-state index in [9.17, 15) is 19.2 Å². The first kappa shape index (κ1) is 21.5. The molecule has 1 unspecified atom stereocenters. The second kappa shape index (κ2) is 8.81. The summed E-state index contributed by atoms with van der Waals surface area (Å²) in [6.45, 7) is 4.35. The van der Waals surface area contributed by atoms with E-state index < -0.39 is 18.0 Å². The van der Waals surface area contributed by atoms with Crippen LogP contribution in [0.3, 0.4) is 0 Å². The normalized spacial score (nSPS) is 18.0. The second-order valence-corrected chi connectivity index (χ2v) is 8.13. The molecule has 2 aliphatic heterocycles. The van der Waals surface area contributed by atoms with Crippen molar-refractivity contribution in [2.24, 2.45) is 0 Å². The number of benzene rings is 1. The summed E-state index contributed by atoms with van der Waals surface area (Å²) in [7, 11) is 0. The van der Waals surface area contributed by atoms with Crippen molar-refractivity contribution in [3.05, 3.63) is 52.7 Å². The van der Waals surface area contributed by atoms with Crippen molar-refractivity contribution in [2.45, 2.75) is 58.3 Å². The summed E-state index contributed by atoms with van der Waals surface area (Å²) in [6.07, 6.45) is 1.50. The highest BCUT2D eigenvalue weighted by Crippen LogP contribution is 2.28. The standard InChI is InChI=1S/C22H24N4O6/c1-12(2)17-9-23-19(32-17)11-31-22(30)24-8-13-3-4-14-10-26(21(29)15(14)7-13)16-5-6-18(27)25-20(16)28/h3-4,7,9,12,16H,5-6,8,10-11H2,1-2H3,(H,24,30)(H,25,27,28). The number of imide groups is 1. The Bertz CT molecular complexity index is 1080. The minimum Gasteiger partial charge on any atom is -0.442 e. The molecule has 0 saturated carbocycles. The summed E-state index contributed by atoms with van der Waals surface area (Å²) < 4.78 is 10.6. The minimum atomic E-state index is -0.657. The van der Waals surface area contributed by atoms with Gasteiger partial charge in [-0.3, -0.25) is 19.7 Å². The third-order valence-electron chi connectivity index (χ3n) is 5.50. The maximum Gasteiger partial charge on any atom is 0.407 e. The summed E-state index contributed by atoms with van der Waals surface area (Å²) in [5.74, 6) is 0.207. The number of nitrogens with one attached hydrogen (secondary N) is 2. The molecule has 10 heteroatoms. The van der Waals surface area contributed by atoms with Gasteiger partial charge in [0.2, 0.25) is 17.7 Å². The fourth-order valence-electron chi connectivity index (χ4n) is 3.72. The summed E-state index contributed by atoms with van der Waals surface area (Å²) in [6, 6.07) is 4.66. The number of ether oxygens (including phenoxy) is 1. The Hall–Kier alpha value is -3.69. The minimum absolute atomic E-state index is 0.0812. The fraction of sp³-hybridized carbons (Fsp3) is 0.409. The highest BCUT2D eigenvalue weighted by Gasteiger charge is 2.39. The predicted octanol–water partition coefficient (Wildman–Crippen LogP) is 1.99. The molecule has 168 valence electrons. The van der Waals surface area contributed by atoms with Crippen molar-refractivity contribution in [3.63, 3.8) is 0 Å². The largest absolute Gasteiger partial charge is 0.442 e. The van der Waals surface area contributed by atoms with Gasteiger partial charge >= 0.3 is 6.09 Å². The average Bonchev–Trinajstić information content (AvgIpc) is 3.36. The van der Waals surface area contributed by atoms with Crippen LogP contribution < -0.4 is 10.6 Å². The number of oxazole rings is 1. The van der Waals surface area contributed by atoms with Gasteiger partial charge in [0.15, 0.2) is 6.61 Å². The van der Waals surface area contributed by atoms with Gasteiger partial charge in [-0.1, -0.05) is 26.0 Å². The number of hydrogen-bond acceptors (Lipinski definition) is 7. The Kier molecular flexibility index (Phi) is 5.93. The van der Waals surface area contributed by atoms with E-state index in [0.717, 1.165) is 16.9 Å². The Labute approximate surface area is 184 Å². The Balaban J connectivity index is 1.32. The number of alkyl carbamates (subject to hydrolysis) is 1. The van der Waals surface area contributed by atoms with Gasteiger partial charge in [-0.15, -0.1) is 0 Å². The number of hydrogen-bond donors (Lipinski definition) is 2. The van der Waals surface area contributed by atoms with Gasteiger partial charge in [-0.2, -0.15) is 0 Å².